The van der Waals surface area contributed by atoms with Crippen molar-refractivity contribution in [2.24, 2.45) is 0 Å². The van der Waals surface area contributed by atoms with Gasteiger partial charge in [-0.15, -0.1) is 0 Å². The van der Waals surface area contributed by atoms with E-state index in [-0.39, 0.29) is 11.3 Å². The third-order valence-electron chi connectivity index (χ3n) is 6.85. The summed E-state index contributed by atoms with van der Waals surface area (Å²) in [6.07, 6.45) is 2.75. The maximum Gasteiger partial charge on any atom is 0.301 e. The lowest BCUT2D eigenvalue weighted by molar-refractivity contribution is -0.132. The molecule has 218 valence electrons. The molecule has 42 heavy (non-hydrogen) atoms. The molecule has 2 heterocycles. The van der Waals surface area contributed by atoms with Crippen LogP contribution in [-0.4, -0.2) is 41.6 Å². The number of hydrogen-bond donors (Lipinski definition) is 1. The number of aliphatic hydroxyl groups is 1. The summed E-state index contributed by atoms with van der Waals surface area (Å²) in [5, 5.41) is 11.9. The van der Waals surface area contributed by atoms with Gasteiger partial charge in [-0.3, -0.25) is 14.5 Å². The Hall–Kier alpha value is -4.37. The van der Waals surface area contributed by atoms with Crippen LogP contribution >= 0.6 is 11.3 Å². The fraction of sp³-hybridized carbons (Fsp3) is 0.303. The number of aliphatic hydroxyl groups excluding tert-OH is 1. The van der Waals surface area contributed by atoms with E-state index < -0.39 is 17.7 Å². The highest BCUT2D eigenvalue weighted by molar-refractivity contribution is 7.22. The Kier molecular flexibility index (Phi) is 9.07. The Labute approximate surface area is 249 Å². The Morgan fingerprint density at radius 1 is 0.881 bits per heavy atom. The lowest BCUT2D eigenvalue weighted by atomic mass is 9.95. The SMILES string of the molecule is CCCCOc1cccc(C(O)=C2C(=O)C(=O)N(c3nc4ccc(OCC)cc4s3)C2c2ccc(OCCC)cc2)c1. The quantitative estimate of drug-likeness (QED) is 0.0806. The molecule has 0 saturated carbocycles. The normalized spacial score (nSPS) is 16.3. The molecule has 1 saturated heterocycles. The number of benzene rings is 3. The van der Waals surface area contributed by atoms with Crippen LogP contribution in [0.1, 0.15) is 57.2 Å². The lowest BCUT2D eigenvalue weighted by Gasteiger charge is -2.23. The number of aromatic nitrogens is 1. The number of anilines is 1. The molecule has 1 atom stereocenters. The molecule has 3 aromatic carbocycles. The van der Waals surface area contributed by atoms with Crippen molar-refractivity contribution in [3.05, 3.63) is 83.4 Å². The zero-order valence-electron chi connectivity index (χ0n) is 24.0. The van der Waals surface area contributed by atoms with Crippen LogP contribution in [0.3, 0.4) is 0 Å². The van der Waals surface area contributed by atoms with Gasteiger partial charge in [0.05, 0.1) is 41.7 Å². The summed E-state index contributed by atoms with van der Waals surface area (Å²) in [6.45, 7) is 7.66. The number of thiazole rings is 1. The summed E-state index contributed by atoms with van der Waals surface area (Å²) in [5.41, 5.74) is 1.70. The van der Waals surface area contributed by atoms with Crippen molar-refractivity contribution in [3.8, 4) is 17.2 Å². The zero-order chi connectivity index (χ0) is 29.6. The van der Waals surface area contributed by atoms with Crippen molar-refractivity contribution >= 4 is 44.1 Å². The summed E-state index contributed by atoms with van der Waals surface area (Å²) < 4.78 is 18.0. The van der Waals surface area contributed by atoms with Crippen molar-refractivity contribution < 1.29 is 28.9 Å². The van der Waals surface area contributed by atoms with Gasteiger partial charge in [0, 0.05) is 5.56 Å². The predicted octanol–water partition coefficient (Wildman–Crippen LogP) is 7.29. The molecule has 1 unspecified atom stereocenters. The van der Waals surface area contributed by atoms with Crippen molar-refractivity contribution in [1.82, 2.24) is 4.98 Å². The Balaban J connectivity index is 1.61. The number of nitrogens with zero attached hydrogens (tertiary/aromatic N) is 2. The van der Waals surface area contributed by atoms with Gasteiger partial charge in [0.2, 0.25) is 0 Å². The first-order valence-corrected chi connectivity index (χ1v) is 15.1. The summed E-state index contributed by atoms with van der Waals surface area (Å²) in [4.78, 5) is 33.4. The van der Waals surface area contributed by atoms with Gasteiger partial charge in [0.1, 0.15) is 23.0 Å². The van der Waals surface area contributed by atoms with Gasteiger partial charge in [-0.05, 0) is 67.8 Å². The number of rotatable bonds is 12. The first-order valence-electron chi connectivity index (χ1n) is 14.3. The van der Waals surface area contributed by atoms with Gasteiger partial charge in [-0.25, -0.2) is 4.98 Å². The fourth-order valence-corrected chi connectivity index (χ4v) is 5.81. The maximum atomic E-state index is 13.7. The van der Waals surface area contributed by atoms with Gasteiger partial charge < -0.3 is 19.3 Å². The van der Waals surface area contributed by atoms with Crippen LogP contribution in [0.15, 0.2) is 72.3 Å². The minimum absolute atomic E-state index is 0.0119. The minimum atomic E-state index is -0.901. The largest absolute Gasteiger partial charge is 0.507 e. The van der Waals surface area contributed by atoms with Gasteiger partial charge in [0.25, 0.3) is 5.78 Å². The Bertz CT molecular complexity index is 1610. The number of hydrogen-bond acceptors (Lipinski definition) is 8. The standard InChI is InChI=1S/C33H34N2O6S/c1-4-7-18-41-24-10-8-9-22(19-24)30(36)28-29(21-11-13-23(14-12-21)40-17-5-2)35(32(38)31(28)37)33-34-26-16-15-25(39-6-3)20-27(26)42-33/h8-16,19-20,29,36H,4-7,17-18H2,1-3H3. The van der Waals surface area contributed by atoms with Crippen molar-refractivity contribution in [3.63, 3.8) is 0 Å². The third kappa shape index (κ3) is 5.97. The lowest BCUT2D eigenvalue weighted by Crippen LogP contribution is -2.29. The van der Waals surface area contributed by atoms with E-state index in [1.54, 1.807) is 36.4 Å². The van der Waals surface area contributed by atoms with Crippen LogP contribution < -0.4 is 19.1 Å². The molecule has 1 fully saturated rings. The number of Topliss-reactive ketones (excluding diaryl/α,β-unsaturated/α-hetero) is 1. The van der Waals surface area contributed by atoms with Crippen LogP contribution in [0, 0.1) is 0 Å². The zero-order valence-corrected chi connectivity index (χ0v) is 24.8. The molecule has 1 aromatic heterocycles. The van der Waals surface area contributed by atoms with Crippen LogP contribution in [0.25, 0.3) is 16.0 Å². The topological polar surface area (TPSA) is 98.2 Å². The number of ketones is 1. The van der Waals surface area contributed by atoms with Crippen LogP contribution in [0.5, 0.6) is 17.2 Å². The van der Waals surface area contributed by atoms with Crippen LogP contribution in [0.4, 0.5) is 5.13 Å². The molecule has 1 amide bonds. The molecule has 9 heteroatoms. The van der Waals surface area contributed by atoms with E-state index in [4.69, 9.17) is 19.2 Å². The molecule has 0 bridgehead atoms. The summed E-state index contributed by atoms with van der Waals surface area (Å²) in [6, 6.07) is 18.8. The van der Waals surface area contributed by atoms with E-state index in [1.807, 2.05) is 44.2 Å². The minimum Gasteiger partial charge on any atom is -0.507 e. The number of unbranched alkanes of at least 4 members (excludes halogenated alkanes) is 1. The number of fused-ring (bicyclic) bond motifs is 1. The summed E-state index contributed by atoms with van der Waals surface area (Å²) >= 11 is 1.29. The number of ether oxygens (including phenoxy) is 3. The molecule has 1 aliphatic rings. The smallest absolute Gasteiger partial charge is 0.301 e. The van der Waals surface area contributed by atoms with E-state index in [1.165, 1.54) is 16.2 Å². The highest BCUT2D eigenvalue weighted by atomic mass is 32.1. The summed E-state index contributed by atoms with van der Waals surface area (Å²) in [5.74, 6) is 0.142. The first-order chi connectivity index (χ1) is 20.4. The maximum absolute atomic E-state index is 13.7. The average Bonchev–Trinajstić information content (AvgIpc) is 3.54. The second-order valence-electron chi connectivity index (χ2n) is 9.88. The molecular weight excluding hydrogens is 552 g/mol. The summed E-state index contributed by atoms with van der Waals surface area (Å²) in [7, 11) is 0. The fourth-order valence-electron chi connectivity index (χ4n) is 4.79. The first kappa shape index (κ1) is 29.1. The number of carbonyl (C=O) groups excluding carboxylic acids is 2. The van der Waals surface area contributed by atoms with Crippen molar-refractivity contribution in [2.75, 3.05) is 24.7 Å². The van der Waals surface area contributed by atoms with Crippen molar-refractivity contribution in [1.29, 1.82) is 0 Å². The van der Waals surface area contributed by atoms with E-state index in [2.05, 4.69) is 6.92 Å². The Morgan fingerprint density at radius 2 is 1.62 bits per heavy atom. The second kappa shape index (κ2) is 13.1. The number of carbonyl (C=O) groups is 2. The molecular formula is C33H34N2O6S. The highest BCUT2D eigenvalue weighted by Crippen LogP contribution is 2.45. The molecule has 8 nitrogen and oxygen atoms in total. The van der Waals surface area contributed by atoms with Gasteiger partial charge in [-0.1, -0.05) is 55.9 Å². The molecule has 0 aliphatic carbocycles. The Morgan fingerprint density at radius 3 is 2.36 bits per heavy atom. The van der Waals surface area contributed by atoms with E-state index in [0.29, 0.717) is 58.8 Å². The third-order valence-corrected chi connectivity index (χ3v) is 7.87. The molecule has 0 spiro atoms. The average molecular weight is 587 g/mol. The molecule has 1 N–H and O–H groups in total. The highest BCUT2D eigenvalue weighted by Gasteiger charge is 2.48. The molecule has 0 radical (unpaired) electrons. The van der Waals surface area contributed by atoms with Gasteiger partial charge in [0.15, 0.2) is 5.13 Å². The second-order valence-corrected chi connectivity index (χ2v) is 10.9. The van der Waals surface area contributed by atoms with Crippen LogP contribution in [0.2, 0.25) is 0 Å². The van der Waals surface area contributed by atoms with Gasteiger partial charge in [-0.2, -0.15) is 0 Å². The predicted molar refractivity (Wildman–Crippen MR) is 165 cm³/mol. The molecule has 4 aromatic rings. The van der Waals surface area contributed by atoms with Gasteiger partial charge >= 0.3 is 5.91 Å². The van der Waals surface area contributed by atoms with E-state index in [0.717, 1.165) is 24.0 Å². The number of amides is 1. The molecule has 1 aliphatic heterocycles. The monoisotopic (exact) mass is 586 g/mol. The molecule has 5 rings (SSSR count). The van der Waals surface area contributed by atoms with Crippen molar-refractivity contribution in [2.45, 2.75) is 46.1 Å². The van der Waals surface area contributed by atoms with Crippen LogP contribution in [-0.2, 0) is 9.59 Å². The van der Waals surface area contributed by atoms with E-state index >= 15 is 0 Å². The van der Waals surface area contributed by atoms with E-state index in [9.17, 15) is 14.7 Å².